The summed E-state index contributed by atoms with van der Waals surface area (Å²) in [5.41, 5.74) is 2.40. The average Bonchev–Trinajstić information content (AvgIpc) is 2.69. The molecular formula is C22H20F2N2O. The fraction of sp³-hybridized carbons (Fsp3) is 0.136. The van der Waals surface area contributed by atoms with Gasteiger partial charge in [0.2, 0.25) is 5.91 Å². The quantitative estimate of drug-likeness (QED) is 0.638. The predicted octanol–water partition coefficient (Wildman–Crippen LogP) is 5.00. The largest absolute Gasteiger partial charge is 0.367 e. The standard InChI is InChI=1S/C22H20F2N2O/c23-20-12-11-18(15-21(20)24)25-22(27)13-14-26(19-9-5-2-6-10-19)16-17-7-3-1-4-8-17/h1-12,15H,13-14,16H2,(H,25,27). The lowest BCUT2D eigenvalue weighted by Crippen LogP contribution is -2.27. The number of carbonyl (C=O) groups excluding carboxylic acids is 1. The highest BCUT2D eigenvalue weighted by Crippen LogP contribution is 2.18. The van der Waals surface area contributed by atoms with Crippen molar-refractivity contribution in [2.45, 2.75) is 13.0 Å². The first-order chi connectivity index (χ1) is 13.1. The molecule has 0 aliphatic rings. The van der Waals surface area contributed by atoms with Crippen LogP contribution in [0.3, 0.4) is 0 Å². The zero-order valence-corrected chi connectivity index (χ0v) is 14.7. The molecule has 0 aliphatic carbocycles. The van der Waals surface area contributed by atoms with Gasteiger partial charge in [-0.25, -0.2) is 8.78 Å². The highest BCUT2D eigenvalue weighted by molar-refractivity contribution is 5.91. The zero-order chi connectivity index (χ0) is 19.1. The summed E-state index contributed by atoms with van der Waals surface area (Å²) in [6, 6.07) is 23.2. The van der Waals surface area contributed by atoms with Crippen molar-refractivity contribution in [1.82, 2.24) is 0 Å². The van der Waals surface area contributed by atoms with Crippen molar-refractivity contribution < 1.29 is 13.6 Å². The minimum Gasteiger partial charge on any atom is -0.367 e. The Morgan fingerprint density at radius 3 is 2.19 bits per heavy atom. The number of rotatable bonds is 7. The van der Waals surface area contributed by atoms with Crippen molar-refractivity contribution in [3.8, 4) is 0 Å². The zero-order valence-electron chi connectivity index (χ0n) is 14.7. The third-order valence-corrected chi connectivity index (χ3v) is 4.15. The number of para-hydroxylation sites is 1. The Hall–Kier alpha value is -3.21. The maximum Gasteiger partial charge on any atom is 0.226 e. The van der Waals surface area contributed by atoms with Crippen molar-refractivity contribution in [1.29, 1.82) is 0 Å². The van der Waals surface area contributed by atoms with E-state index in [1.807, 2.05) is 60.7 Å². The van der Waals surface area contributed by atoms with Crippen LogP contribution in [0.4, 0.5) is 20.2 Å². The Morgan fingerprint density at radius 1 is 0.852 bits per heavy atom. The normalized spacial score (nSPS) is 10.4. The molecule has 0 aromatic heterocycles. The molecular weight excluding hydrogens is 346 g/mol. The van der Waals surface area contributed by atoms with Gasteiger partial charge in [-0.15, -0.1) is 0 Å². The highest BCUT2D eigenvalue weighted by atomic mass is 19.2. The molecule has 3 rings (SSSR count). The van der Waals surface area contributed by atoms with E-state index in [2.05, 4.69) is 10.2 Å². The van der Waals surface area contributed by atoms with Gasteiger partial charge in [-0.05, 0) is 29.8 Å². The molecule has 0 aliphatic heterocycles. The SMILES string of the molecule is O=C(CCN(Cc1ccccc1)c1ccccc1)Nc1ccc(F)c(F)c1. The molecule has 0 saturated heterocycles. The fourth-order valence-electron chi connectivity index (χ4n) is 2.78. The highest BCUT2D eigenvalue weighted by Gasteiger charge is 2.11. The minimum absolute atomic E-state index is 0.223. The first-order valence-electron chi connectivity index (χ1n) is 8.70. The molecule has 0 heterocycles. The number of hydrogen-bond acceptors (Lipinski definition) is 2. The molecule has 5 heteroatoms. The van der Waals surface area contributed by atoms with Gasteiger partial charge in [0.15, 0.2) is 11.6 Å². The molecule has 3 aromatic carbocycles. The van der Waals surface area contributed by atoms with Gasteiger partial charge in [0.25, 0.3) is 0 Å². The molecule has 3 nitrogen and oxygen atoms in total. The Bertz CT molecular complexity index is 885. The van der Waals surface area contributed by atoms with Crippen LogP contribution in [0.1, 0.15) is 12.0 Å². The van der Waals surface area contributed by atoms with Crippen LogP contribution in [0.15, 0.2) is 78.9 Å². The van der Waals surface area contributed by atoms with E-state index in [1.165, 1.54) is 6.07 Å². The number of halogens is 2. The molecule has 27 heavy (non-hydrogen) atoms. The number of anilines is 2. The van der Waals surface area contributed by atoms with Crippen molar-refractivity contribution in [3.05, 3.63) is 96.1 Å². The summed E-state index contributed by atoms with van der Waals surface area (Å²) in [7, 11) is 0. The van der Waals surface area contributed by atoms with Crippen LogP contribution in [-0.2, 0) is 11.3 Å². The lowest BCUT2D eigenvalue weighted by Gasteiger charge is -2.25. The van der Waals surface area contributed by atoms with Crippen LogP contribution in [-0.4, -0.2) is 12.5 Å². The van der Waals surface area contributed by atoms with E-state index < -0.39 is 11.6 Å². The van der Waals surface area contributed by atoms with Gasteiger partial charge in [0, 0.05) is 37.0 Å². The average molecular weight is 366 g/mol. The molecule has 0 unspecified atom stereocenters. The fourth-order valence-corrected chi connectivity index (χ4v) is 2.78. The second-order valence-corrected chi connectivity index (χ2v) is 6.17. The Balaban J connectivity index is 1.65. The van der Waals surface area contributed by atoms with Crippen molar-refractivity contribution in [3.63, 3.8) is 0 Å². The number of benzene rings is 3. The van der Waals surface area contributed by atoms with Crippen LogP contribution in [0.25, 0.3) is 0 Å². The van der Waals surface area contributed by atoms with Crippen molar-refractivity contribution in [2.24, 2.45) is 0 Å². The summed E-state index contributed by atoms with van der Waals surface area (Å²) in [4.78, 5) is 14.4. The van der Waals surface area contributed by atoms with Crippen molar-refractivity contribution in [2.75, 3.05) is 16.8 Å². The summed E-state index contributed by atoms with van der Waals surface area (Å²) in [5, 5.41) is 2.61. The lowest BCUT2D eigenvalue weighted by molar-refractivity contribution is -0.116. The first kappa shape index (κ1) is 18.6. The van der Waals surface area contributed by atoms with E-state index in [-0.39, 0.29) is 18.0 Å². The van der Waals surface area contributed by atoms with Gasteiger partial charge < -0.3 is 10.2 Å². The Morgan fingerprint density at radius 2 is 1.52 bits per heavy atom. The molecule has 1 amide bonds. The van der Waals surface area contributed by atoms with E-state index >= 15 is 0 Å². The summed E-state index contributed by atoms with van der Waals surface area (Å²) in [6.45, 7) is 1.16. The number of carbonyl (C=O) groups is 1. The molecule has 138 valence electrons. The van der Waals surface area contributed by atoms with Crippen LogP contribution in [0, 0.1) is 11.6 Å². The molecule has 0 saturated carbocycles. The predicted molar refractivity (Wildman–Crippen MR) is 104 cm³/mol. The number of nitrogens with one attached hydrogen (secondary N) is 1. The van der Waals surface area contributed by atoms with Gasteiger partial charge >= 0.3 is 0 Å². The third-order valence-electron chi connectivity index (χ3n) is 4.15. The van der Waals surface area contributed by atoms with E-state index in [0.717, 1.165) is 23.4 Å². The summed E-state index contributed by atoms with van der Waals surface area (Å²) in [6.07, 6.45) is 0.223. The van der Waals surface area contributed by atoms with Crippen molar-refractivity contribution >= 4 is 17.3 Å². The first-order valence-corrected chi connectivity index (χ1v) is 8.70. The second kappa shape index (κ2) is 8.94. The number of nitrogens with zero attached hydrogens (tertiary/aromatic N) is 1. The summed E-state index contributed by atoms with van der Waals surface area (Å²) >= 11 is 0. The Labute approximate surface area is 157 Å². The summed E-state index contributed by atoms with van der Waals surface area (Å²) < 4.78 is 26.3. The van der Waals surface area contributed by atoms with Crippen LogP contribution in [0.2, 0.25) is 0 Å². The van der Waals surface area contributed by atoms with Gasteiger partial charge in [-0.2, -0.15) is 0 Å². The van der Waals surface area contributed by atoms with E-state index in [4.69, 9.17) is 0 Å². The minimum atomic E-state index is -0.984. The monoisotopic (exact) mass is 366 g/mol. The smallest absolute Gasteiger partial charge is 0.226 e. The molecule has 0 spiro atoms. The molecule has 1 N–H and O–H groups in total. The molecule has 3 aromatic rings. The molecule has 0 fully saturated rings. The number of hydrogen-bond donors (Lipinski definition) is 1. The third kappa shape index (κ3) is 5.38. The van der Waals surface area contributed by atoms with E-state index in [0.29, 0.717) is 13.1 Å². The van der Waals surface area contributed by atoms with Crippen LogP contribution < -0.4 is 10.2 Å². The lowest BCUT2D eigenvalue weighted by atomic mass is 10.2. The maximum atomic E-state index is 13.3. The summed E-state index contributed by atoms with van der Waals surface area (Å²) in [5.74, 6) is -2.18. The second-order valence-electron chi connectivity index (χ2n) is 6.17. The maximum absolute atomic E-state index is 13.3. The van der Waals surface area contributed by atoms with Gasteiger partial charge in [0.1, 0.15) is 0 Å². The molecule has 0 atom stereocenters. The molecule has 0 bridgehead atoms. The Kier molecular flexibility index (Phi) is 6.15. The van der Waals surface area contributed by atoms with E-state index in [1.54, 1.807) is 0 Å². The number of amides is 1. The van der Waals surface area contributed by atoms with E-state index in [9.17, 15) is 13.6 Å². The molecule has 0 radical (unpaired) electrons. The van der Waals surface area contributed by atoms with Crippen LogP contribution >= 0.6 is 0 Å². The van der Waals surface area contributed by atoms with Crippen LogP contribution in [0.5, 0.6) is 0 Å². The van der Waals surface area contributed by atoms with Gasteiger partial charge in [0.05, 0.1) is 0 Å². The van der Waals surface area contributed by atoms with Gasteiger partial charge in [-0.1, -0.05) is 48.5 Å². The topological polar surface area (TPSA) is 32.3 Å². The van der Waals surface area contributed by atoms with Gasteiger partial charge in [-0.3, -0.25) is 4.79 Å².